The van der Waals surface area contributed by atoms with Crippen LogP contribution in [0, 0.1) is 0 Å². The van der Waals surface area contributed by atoms with Crippen LogP contribution in [0.3, 0.4) is 0 Å². The molecule has 8 nitrogen and oxygen atoms in total. The first-order valence-corrected chi connectivity index (χ1v) is 37.7. The van der Waals surface area contributed by atoms with Crippen molar-refractivity contribution in [3.8, 4) is 101 Å². The molecule has 0 unspecified atom stereocenters. The van der Waals surface area contributed by atoms with Crippen molar-refractivity contribution in [3.63, 3.8) is 0 Å². The number of ether oxygens (including phenoxy) is 6. The minimum absolute atomic E-state index is 0.712. The van der Waals surface area contributed by atoms with Gasteiger partial charge in [-0.15, -0.1) is 11.3 Å². The molecule has 0 aliphatic heterocycles. The highest BCUT2D eigenvalue weighted by Gasteiger charge is 2.49. The number of hydrogen-bond donors (Lipinski definition) is 0. The van der Waals surface area contributed by atoms with E-state index in [4.69, 9.17) is 38.4 Å². The van der Waals surface area contributed by atoms with Crippen LogP contribution in [-0.2, 0) is 10.8 Å². The molecule has 2 aliphatic rings. The van der Waals surface area contributed by atoms with E-state index in [9.17, 15) is 0 Å². The van der Waals surface area contributed by atoms with E-state index in [1.807, 2.05) is 133 Å². The molecule has 530 valence electrons. The van der Waals surface area contributed by atoms with Crippen molar-refractivity contribution in [1.82, 2.24) is 9.97 Å². The van der Waals surface area contributed by atoms with Crippen LogP contribution in [-0.4, -0.2) is 24.2 Å². The fourth-order valence-corrected chi connectivity index (χ4v) is 18.0. The van der Waals surface area contributed by atoms with Crippen LogP contribution in [0.4, 0.5) is 0 Å². The van der Waals surface area contributed by atoms with Gasteiger partial charge in [-0.05, 0) is 233 Å². The Bertz CT molecular complexity index is 5970. The van der Waals surface area contributed by atoms with Gasteiger partial charge in [0.2, 0.25) is 0 Å². The van der Waals surface area contributed by atoms with E-state index < -0.39 is 10.8 Å². The van der Waals surface area contributed by atoms with Crippen LogP contribution in [0.15, 0.2) is 342 Å². The zero-order valence-corrected chi connectivity index (χ0v) is 61.7. The van der Waals surface area contributed by atoms with Crippen LogP contribution >= 0.6 is 11.3 Å². The lowest BCUT2D eigenvalue weighted by Gasteiger charge is -2.34. The number of fused-ring (bicyclic) bond motifs is 13. The third kappa shape index (κ3) is 11.3. The summed E-state index contributed by atoms with van der Waals surface area (Å²) in [4.78, 5) is 14.1. The number of methoxy groups -OCH3 is 2. The molecule has 0 atom stereocenters. The van der Waals surface area contributed by atoms with E-state index in [0.29, 0.717) is 23.0 Å². The topological polar surface area (TPSA) is 81.2 Å². The molecule has 0 N–H and O–H groups in total. The first kappa shape index (κ1) is 67.5. The maximum absolute atomic E-state index is 6.59. The summed E-state index contributed by atoms with van der Waals surface area (Å²) in [5.74, 6) is 7.23. The van der Waals surface area contributed by atoms with E-state index in [2.05, 4.69) is 233 Å². The zero-order valence-electron chi connectivity index (χ0n) is 60.9. The summed E-state index contributed by atoms with van der Waals surface area (Å²) >= 11 is 1.74. The third-order valence-electron chi connectivity index (χ3n) is 22.0. The number of benzene rings is 15. The van der Waals surface area contributed by atoms with Gasteiger partial charge in [0.15, 0.2) is 0 Å². The largest absolute Gasteiger partial charge is 0.497 e. The van der Waals surface area contributed by atoms with Crippen LogP contribution in [0.1, 0.15) is 66.8 Å². The zero-order chi connectivity index (χ0) is 74.9. The fraction of sp³-hybridized carbons (Fsp3) is 0.0392. The molecule has 9 heteroatoms. The summed E-state index contributed by atoms with van der Waals surface area (Å²) < 4.78 is 38.3. The van der Waals surface area contributed by atoms with Crippen molar-refractivity contribution >= 4 is 79.3 Å². The van der Waals surface area contributed by atoms with Gasteiger partial charge in [0.25, 0.3) is 0 Å². The number of hydrogen-bond acceptors (Lipinski definition) is 9. The van der Waals surface area contributed by atoms with Crippen molar-refractivity contribution in [2.45, 2.75) is 10.8 Å². The van der Waals surface area contributed by atoms with Crippen molar-refractivity contribution in [2.75, 3.05) is 14.2 Å². The molecule has 2 aliphatic carbocycles. The maximum Gasteiger partial charge on any atom is 0.127 e. The summed E-state index contributed by atoms with van der Waals surface area (Å²) in [5, 5.41) is 3.82. The van der Waals surface area contributed by atoms with Gasteiger partial charge in [-0.2, -0.15) is 0 Å². The van der Waals surface area contributed by atoms with Crippen LogP contribution in [0.25, 0.3) is 111 Å². The smallest absolute Gasteiger partial charge is 0.127 e. The number of rotatable bonds is 20. The molecule has 0 saturated carbocycles. The SMILES string of the molecule is C=Cc1ccc(Oc2ccc(C3(c4ccc(Oc5ccc(C=C)cc5)cc4)c4ccccc4-c4c(-c5sc(-c6cccc7c6-c6ccccc6C7(c6ccc(Oc7ccc(C=C)cc7)cc6)c6ccc(Oc7ccc(C=C)cc7)cc6)c6nc7c8ccc(OC)cc8c8cc(OC)ccc8c7nc56)cccc43)cc2)cc1. The normalized spacial score (nSPS) is 12.7. The molecule has 0 saturated heterocycles. The summed E-state index contributed by atoms with van der Waals surface area (Å²) in [6.07, 6.45) is 7.33. The second-order valence-corrected chi connectivity index (χ2v) is 28.9. The molecular weight excluding hydrogens is 1380 g/mol. The van der Waals surface area contributed by atoms with Crippen LogP contribution < -0.4 is 28.4 Å². The van der Waals surface area contributed by atoms with Gasteiger partial charge in [0.05, 0.1) is 45.8 Å². The Balaban J connectivity index is 0.852. The minimum atomic E-state index is -0.865. The monoisotopic (exact) mass is 1450 g/mol. The van der Waals surface area contributed by atoms with E-state index >= 15 is 0 Å². The van der Waals surface area contributed by atoms with E-state index in [-0.39, 0.29) is 0 Å². The summed E-state index contributed by atoms with van der Waals surface area (Å²) in [5.41, 5.74) is 20.6. The van der Waals surface area contributed by atoms with Crippen molar-refractivity contribution in [1.29, 1.82) is 0 Å². The van der Waals surface area contributed by atoms with E-state index in [1.54, 1.807) is 25.6 Å². The third-order valence-corrected chi connectivity index (χ3v) is 23.2. The van der Waals surface area contributed by atoms with E-state index in [1.165, 1.54) is 0 Å². The number of aromatic nitrogens is 2. The Hall–Kier alpha value is -14.1. The Morgan fingerprint density at radius 1 is 0.261 bits per heavy atom. The van der Waals surface area contributed by atoms with Crippen molar-refractivity contribution in [3.05, 3.63) is 409 Å². The molecule has 17 aromatic rings. The minimum Gasteiger partial charge on any atom is -0.497 e. The lowest BCUT2D eigenvalue weighted by atomic mass is 9.67. The highest BCUT2D eigenvalue weighted by Crippen LogP contribution is 2.63. The van der Waals surface area contributed by atoms with Gasteiger partial charge in [-0.25, -0.2) is 9.97 Å². The Morgan fingerprint density at radius 2 is 0.523 bits per heavy atom. The standard InChI is InChI=1S/C102H70N2O6S/c1-7-63-25-41-71(42-26-63)107-75-49-33-67(34-50-75)101(68-35-51-76(52-36-68)108-72-43-27-64(8-2)28-44-72)89-21-13-11-17-83(89)93-85(19-15-23-91(93)101)99-97-98(104-96-82-60-58-80(106-6)62-88(82)87-61-79(105-5)57-59-81(87)95(96)103-97)100(111-99)86-20-16-24-92-94(86)84-18-12-14-22-90(84)102(92,69-37-53-77(54-38-69)109-73-45-29-65(9-3)30-46-73)70-39-55-78(56-40-70)110-74-47-31-66(10-4)32-48-74/h7-62H,1-4H2,5-6H3. The van der Waals surface area contributed by atoms with Gasteiger partial charge in [0.1, 0.15) is 68.5 Å². The fourth-order valence-electron chi connectivity index (χ4n) is 16.8. The maximum atomic E-state index is 6.59. The van der Waals surface area contributed by atoms with Crippen molar-refractivity contribution < 1.29 is 28.4 Å². The molecular formula is C102H70N2O6S. The Labute approximate surface area is 647 Å². The molecule has 111 heavy (non-hydrogen) atoms. The second-order valence-electron chi connectivity index (χ2n) is 27.8. The number of nitrogens with zero attached hydrogens (tertiary/aromatic N) is 2. The van der Waals surface area contributed by atoms with Crippen molar-refractivity contribution in [2.24, 2.45) is 0 Å². The first-order chi connectivity index (χ1) is 54.6. The summed E-state index contributed by atoms with van der Waals surface area (Å²) in [6.45, 7) is 15.9. The Kier molecular flexibility index (Phi) is 16.8. The molecule has 0 radical (unpaired) electrons. The molecule has 2 heterocycles. The molecule has 19 rings (SSSR count). The highest BCUT2D eigenvalue weighted by atomic mass is 32.1. The summed E-state index contributed by atoms with van der Waals surface area (Å²) in [6, 6.07) is 110. The van der Waals surface area contributed by atoms with Gasteiger partial charge in [-0.3, -0.25) is 0 Å². The predicted octanol–water partition coefficient (Wildman–Crippen LogP) is 27.0. The summed E-state index contributed by atoms with van der Waals surface area (Å²) in [7, 11) is 3.41. The molecule has 0 spiro atoms. The van der Waals surface area contributed by atoms with Crippen LogP contribution in [0.5, 0.6) is 57.5 Å². The second kappa shape index (κ2) is 27.6. The Morgan fingerprint density at radius 3 is 0.811 bits per heavy atom. The number of thiophene rings is 1. The van der Waals surface area contributed by atoms with Gasteiger partial charge in [-0.1, -0.05) is 233 Å². The van der Waals surface area contributed by atoms with Gasteiger partial charge in [0, 0.05) is 21.9 Å². The van der Waals surface area contributed by atoms with Gasteiger partial charge < -0.3 is 28.4 Å². The van der Waals surface area contributed by atoms with E-state index in [0.717, 1.165) is 188 Å². The van der Waals surface area contributed by atoms with Gasteiger partial charge >= 0.3 is 0 Å². The highest BCUT2D eigenvalue weighted by molar-refractivity contribution is 7.21. The molecule has 0 amide bonds. The average molecular weight is 1450 g/mol. The quantitative estimate of drug-likeness (QED) is 0.0698. The first-order valence-electron chi connectivity index (χ1n) is 36.9. The lowest BCUT2D eigenvalue weighted by molar-refractivity contribution is 0.415. The molecule has 0 bridgehead atoms. The van der Waals surface area contributed by atoms with Crippen LogP contribution in [0.2, 0.25) is 0 Å². The molecule has 2 aromatic heterocycles. The lowest BCUT2D eigenvalue weighted by Crippen LogP contribution is -2.28. The average Bonchev–Trinajstić information content (AvgIpc) is 1.55. The molecule has 0 fully saturated rings. The predicted molar refractivity (Wildman–Crippen MR) is 455 cm³/mol. The molecule has 15 aromatic carbocycles.